The van der Waals surface area contributed by atoms with Crippen LogP contribution in [-0.2, 0) is 14.3 Å². The number of methoxy groups -OCH3 is 2. The van der Waals surface area contributed by atoms with Gasteiger partial charge < -0.3 is 14.5 Å². The molecular formula is C9H9NO5. The number of ketones is 1. The Bertz CT molecular complexity index is 406. The minimum atomic E-state index is -0.992. The zero-order valence-corrected chi connectivity index (χ0v) is 8.20. The smallest absolute Gasteiger partial charge is 0.380 e. The predicted octanol–water partition coefficient (Wildman–Crippen LogP) is 0.157. The molecule has 0 unspecified atom stereocenters. The summed E-state index contributed by atoms with van der Waals surface area (Å²) in [6, 6.07) is 2.66. The quantitative estimate of drug-likeness (QED) is 0.437. The summed E-state index contributed by atoms with van der Waals surface area (Å²) in [7, 11) is 2.31. The van der Waals surface area contributed by atoms with Crippen LogP contribution in [0.3, 0.4) is 0 Å². The number of hydrogen-bond acceptors (Lipinski definition) is 5. The van der Waals surface area contributed by atoms with Crippen molar-refractivity contribution < 1.29 is 23.9 Å². The Morgan fingerprint density at radius 2 is 1.67 bits per heavy atom. The summed E-state index contributed by atoms with van der Waals surface area (Å²) in [5.74, 6) is -2.44. The first kappa shape index (κ1) is 11.0. The van der Waals surface area contributed by atoms with Crippen molar-refractivity contribution in [3.63, 3.8) is 0 Å². The van der Waals surface area contributed by atoms with E-state index in [1.807, 2.05) is 0 Å². The molecule has 80 valence electrons. The van der Waals surface area contributed by atoms with Gasteiger partial charge in [-0.15, -0.1) is 0 Å². The van der Waals surface area contributed by atoms with Crippen molar-refractivity contribution in [3.8, 4) is 0 Å². The third-order valence-corrected chi connectivity index (χ3v) is 1.71. The third-order valence-electron chi connectivity index (χ3n) is 1.71. The monoisotopic (exact) mass is 211 g/mol. The van der Waals surface area contributed by atoms with Gasteiger partial charge in [-0.2, -0.15) is 0 Å². The summed E-state index contributed by atoms with van der Waals surface area (Å²) < 4.78 is 8.66. The van der Waals surface area contributed by atoms with Gasteiger partial charge in [-0.1, -0.05) is 0 Å². The van der Waals surface area contributed by atoms with Crippen molar-refractivity contribution >= 4 is 17.7 Å². The number of hydrogen-bond donors (Lipinski definition) is 1. The van der Waals surface area contributed by atoms with Crippen LogP contribution in [0.5, 0.6) is 0 Å². The molecule has 1 N–H and O–H groups in total. The zero-order valence-electron chi connectivity index (χ0n) is 8.20. The molecule has 1 aromatic heterocycles. The second-order valence-corrected chi connectivity index (χ2v) is 2.60. The molecule has 0 bridgehead atoms. The summed E-state index contributed by atoms with van der Waals surface area (Å²) in [4.78, 5) is 35.6. The highest BCUT2D eigenvalue weighted by molar-refractivity contribution is 6.40. The van der Waals surface area contributed by atoms with Crippen LogP contribution in [0.25, 0.3) is 0 Å². The van der Waals surface area contributed by atoms with Gasteiger partial charge in [-0.25, -0.2) is 9.59 Å². The lowest BCUT2D eigenvalue weighted by Gasteiger charge is -1.96. The molecule has 1 rings (SSSR count). The first-order valence-corrected chi connectivity index (χ1v) is 4.00. The van der Waals surface area contributed by atoms with E-state index in [0.717, 1.165) is 7.11 Å². The largest absolute Gasteiger partial charge is 0.464 e. The van der Waals surface area contributed by atoms with Gasteiger partial charge in [0.15, 0.2) is 0 Å². The van der Waals surface area contributed by atoms with E-state index in [-0.39, 0.29) is 11.4 Å². The van der Waals surface area contributed by atoms with Crippen LogP contribution >= 0.6 is 0 Å². The first-order valence-electron chi connectivity index (χ1n) is 4.00. The van der Waals surface area contributed by atoms with E-state index in [9.17, 15) is 14.4 Å². The molecule has 0 spiro atoms. The first-order chi connectivity index (χ1) is 7.10. The highest BCUT2D eigenvalue weighted by atomic mass is 16.5. The summed E-state index contributed by atoms with van der Waals surface area (Å²) in [6.45, 7) is 0. The van der Waals surface area contributed by atoms with Gasteiger partial charge >= 0.3 is 11.9 Å². The third kappa shape index (κ3) is 2.22. The number of aromatic amines is 1. The molecule has 0 amide bonds. The Kier molecular flexibility index (Phi) is 3.22. The number of carbonyl (C=O) groups excluding carboxylic acids is 3. The van der Waals surface area contributed by atoms with Gasteiger partial charge in [0, 0.05) is 0 Å². The minimum Gasteiger partial charge on any atom is -0.464 e. The molecule has 0 radical (unpaired) electrons. The normalized spacial score (nSPS) is 9.47. The molecule has 15 heavy (non-hydrogen) atoms. The van der Waals surface area contributed by atoms with E-state index in [4.69, 9.17) is 0 Å². The number of Topliss-reactive ketones (excluding diaryl/α,β-unsaturated/α-hetero) is 1. The molecule has 6 heteroatoms. The molecule has 0 aromatic carbocycles. The molecule has 0 saturated heterocycles. The maximum Gasteiger partial charge on any atom is 0.380 e. The van der Waals surface area contributed by atoms with E-state index in [1.165, 1.54) is 19.2 Å². The van der Waals surface area contributed by atoms with Crippen LogP contribution in [0.15, 0.2) is 12.1 Å². The fourth-order valence-electron chi connectivity index (χ4n) is 0.959. The number of esters is 2. The van der Waals surface area contributed by atoms with Gasteiger partial charge in [0.1, 0.15) is 5.69 Å². The number of aromatic nitrogens is 1. The van der Waals surface area contributed by atoms with Gasteiger partial charge in [0.05, 0.1) is 19.9 Å². The van der Waals surface area contributed by atoms with Crippen LogP contribution in [0.2, 0.25) is 0 Å². The van der Waals surface area contributed by atoms with Crippen LogP contribution in [-0.4, -0.2) is 36.9 Å². The summed E-state index contributed by atoms with van der Waals surface area (Å²) >= 11 is 0. The topological polar surface area (TPSA) is 85.5 Å². The Morgan fingerprint density at radius 1 is 1.07 bits per heavy atom. The number of rotatable bonds is 3. The van der Waals surface area contributed by atoms with Crippen molar-refractivity contribution in [2.45, 2.75) is 0 Å². The molecule has 0 fully saturated rings. The highest BCUT2D eigenvalue weighted by Gasteiger charge is 2.19. The fourth-order valence-corrected chi connectivity index (χ4v) is 0.959. The Balaban J connectivity index is 2.89. The van der Waals surface area contributed by atoms with Gasteiger partial charge in [-0.3, -0.25) is 4.79 Å². The molecule has 0 saturated carbocycles. The predicted molar refractivity (Wildman–Crippen MR) is 48.5 cm³/mol. The number of H-pyrrole nitrogens is 1. The van der Waals surface area contributed by atoms with Gasteiger partial charge in [0.2, 0.25) is 0 Å². The van der Waals surface area contributed by atoms with E-state index in [0.29, 0.717) is 0 Å². The highest BCUT2D eigenvalue weighted by Crippen LogP contribution is 2.04. The molecule has 1 heterocycles. The van der Waals surface area contributed by atoms with Crippen molar-refractivity contribution in [1.29, 1.82) is 0 Å². The Labute approximate surface area is 85.2 Å². The van der Waals surface area contributed by atoms with E-state index >= 15 is 0 Å². The van der Waals surface area contributed by atoms with Crippen molar-refractivity contribution in [3.05, 3.63) is 23.5 Å². The van der Waals surface area contributed by atoms with Crippen LogP contribution in [0.4, 0.5) is 0 Å². The summed E-state index contributed by atoms with van der Waals surface area (Å²) in [5.41, 5.74) is 0.0898. The Hall–Kier alpha value is -2.11. The lowest BCUT2D eigenvalue weighted by Crippen LogP contribution is -2.16. The molecule has 0 aliphatic rings. The molecule has 6 nitrogen and oxygen atoms in total. The Morgan fingerprint density at radius 3 is 2.20 bits per heavy atom. The van der Waals surface area contributed by atoms with Gasteiger partial charge in [0.25, 0.3) is 5.78 Å². The summed E-state index contributed by atoms with van der Waals surface area (Å²) in [6.07, 6.45) is 0. The minimum absolute atomic E-state index is 0.0118. The molecule has 0 atom stereocenters. The molecule has 1 aromatic rings. The van der Waals surface area contributed by atoms with E-state index in [2.05, 4.69) is 14.5 Å². The van der Waals surface area contributed by atoms with E-state index < -0.39 is 17.7 Å². The number of ether oxygens (including phenoxy) is 2. The fraction of sp³-hybridized carbons (Fsp3) is 0.222. The van der Waals surface area contributed by atoms with Crippen molar-refractivity contribution in [1.82, 2.24) is 4.98 Å². The number of carbonyl (C=O) groups is 3. The second kappa shape index (κ2) is 4.41. The lowest BCUT2D eigenvalue weighted by atomic mass is 10.3. The molecule has 0 aliphatic heterocycles. The molecular weight excluding hydrogens is 202 g/mol. The number of nitrogens with one attached hydrogen (secondary N) is 1. The van der Waals surface area contributed by atoms with Crippen molar-refractivity contribution in [2.75, 3.05) is 14.2 Å². The standard InChI is InChI=1S/C9H9NO5/c1-14-8(12)6-4-3-5(10-6)7(11)9(13)15-2/h3-4,10H,1-2H3. The molecule has 0 aliphatic carbocycles. The average Bonchev–Trinajstić information content (AvgIpc) is 2.75. The van der Waals surface area contributed by atoms with Crippen molar-refractivity contribution in [2.24, 2.45) is 0 Å². The van der Waals surface area contributed by atoms with Crippen LogP contribution < -0.4 is 0 Å². The van der Waals surface area contributed by atoms with Gasteiger partial charge in [-0.05, 0) is 12.1 Å². The average molecular weight is 211 g/mol. The van der Waals surface area contributed by atoms with E-state index in [1.54, 1.807) is 0 Å². The van der Waals surface area contributed by atoms with Crippen LogP contribution in [0.1, 0.15) is 21.0 Å². The lowest BCUT2D eigenvalue weighted by molar-refractivity contribution is -0.135. The van der Waals surface area contributed by atoms with Crippen LogP contribution in [0, 0.1) is 0 Å². The summed E-state index contributed by atoms with van der Waals surface area (Å²) in [5, 5.41) is 0. The maximum atomic E-state index is 11.2. The zero-order chi connectivity index (χ0) is 11.4. The second-order valence-electron chi connectivity index (χ2n) is 2.60. The maximum absolute atomic E-state index is 11.2. The SMILES string of the molecule is COC(=O)C(=O)c1ccc(C(=O)OC)[nH]1.